The minimum absolute atomic E-state index is 0.339. The molecule has 0 aliphatic rings. The van der Waals surface area contributed by atoms with Crippen LogP contribution in [0, 0.1) is 0 Å². The average Bonchev–Trinajstić information content (AvgIpc) is 2.83. The predicted octanol–water partition coefficient (Wildman–Crippen LogP) is 2.77. The Morgan fingerprint density at radius 2 is 2.14 bits per heavy atom. The molecule has 1 heterocycles. The van der Waals surface area contributed by atoms with Gasteiger partial charge in [0.05, 0.1) is 13.3 Å². The first-order valence-electron chi connectivity index (χ1n) is 6.82. The molecule has 0 fully saturated rings. The Hall–Kier alpha value is -1.72. The van der Waals surface area contributed by atoms with Gasteiger partial charge in [-0.3, -0.25) is 0 Å². The van der Waals surface area contributed by atoms with Gasteiger partial charge < -0.3 is 19.4 Å². The van der Waals surface area contributed by atoms with Crippen LogP contribution < -0.4 is 14.8 Å². The number of rotatable bonds is 7. The minimum atomic E-state index is 0.339. The molecule has 0 bridgehead atoms. The molecule has 1 N–H and O–H groups in total. The summed E-state index contributed by atoms with van der Waals surface area (Å²) in [6.45, 7) is 4.15. The Morgan fingerprint density at radius 3 is 2.76 bits per heavy atom. The third kappa shape index (κ3) is 3.89. The SMILES string of the molecule is CCNCc1ccc(OCc2ncc(Cl)n2C)c(OC)c1. The largest absolute Gasteiger partial charge is 0.493 e. The molecule has 0 aliphatic carbocycles. The number of nitrogens with one attached hydrogen (secondary N) is 1. The third-order valence-corrected chi connectivity index (χ3v) is 3.54. The van der Waals surface area contributed by atoms with E-state index in [1.165, 1.54) is 0 Å². The fourth-order valence-electron chi connectivity index (χ4n) is 1.91. The number of aromatic nitrogens is 2. The van der Waals surface area contributed by atoms with Crippen molar-refractivity contribution in [1.29, 1.82) is 0 Å². The summed E-state index contributed by atoms with van der Waals surface area (Å²) in [5.74, 6) is 2.17. The molecule has 1 aromatic carbocycles. The average molecular weight is 310 g/mol. The lowest BCUT2D eigenvalue weighted by atomic mass is 10.2. The lowest BCUT2D eigenvalue weighted by Crippen LogP contribution is -2.11. The van der Waals surface area contributed by atoms with Crippen molar-refractivity contribution in [2.24, 2.45) is 7.05 Å². The molecule has 0 spiro atoms. The zero-order valence-electron chi connectivity index (χ0n) is 12.5. The quantitative estimate of drug-likeness (QED) is 0.854. The number of nitrogens with zero attached hydrogens (tertiary/aromatic N) is 2. The Labute approximate surface area is 129 Å². The number of benzene rings is 1. The lowest BCUT2D eigenvalue weighted by molar-refractivity contribution is 0.273. The molecule has 0 saturated carbocycles. The molecule has 0 saturated heterocycles. The van der Waals surface area contributed by atoms with Gasteiger partial charge in [-0.05, 0) is 24.2 Å². The van der Waals surface area contributed by atoms with Crippen LogP contribution in [0.15, 0.2) is 24.4 Å². The normalized spacial score (nSPS) is 10.7. The molecule has 2 rings (SSSR count). The second-order valence-corrected chi connectivity index (χ2v) is 5.00. The summed E-state index contributed by atoms with van der Waals surface area (Å²) in [5, 5.41) is 3.86. The van der Waals surface area contributed by atoms with Crippen molar-refractivity contribution in [3.63, 3.8) is 0 Å². The van der Waals surface area contributed by atoms with E-state index >= 15 is 0 Å². The van der Waals surface area contributed by atoms with Crippen molar-refractivity contribution in [3.05, 3.63) is 40.9 Å². The first-order chi connectivity index (χ1) is 10.2. The maximum atomic E-state index is 5.95. The second kappa shape index (κ2) is 7.33. The highest BCUT2D eigenvalue weighted by Gasteiger charge is 2.09. The Kier molecular flexibility index (Phi) is 5.47. The van der Waals surface area contributed by atoms with Crippen molar-refractivity contribution in [1.82, 2.24) is 14.9 Å². The minimum Gasteiger partial charge on any atom is -0.493 e. The van der Waals surface area contributed by atoms with Crippen molar-refractivity contribution < 1.29 is 9.47 Å². The molecule has 5 nitrogen and oxygen atoms in total. The van der Waals surface area contributed by atoms with E-state index in [4.69, 9.17) is 21.1 Å². The molecular weight excluding hydrogens is 290 g/mol. The molecule has 0 radical (unpaired) electrons. The number of imidazole rings is 1. The van der Waals surface area contributed by atoms with Crippen LogP contribution >= 0.6 is 11.6 Å². The maximum absolute atomic E-state index is 5.95. The number of hydrogen-bond acceptors (Lipinski definition) is 4. The second-order valence-electron chi connectivity index (χ2n) is 4.61. The summed E-state index contributed by atoms with van der Waals surface area (Å²) < 4.78 is 12.9. The van der Waals surface area contributed by atoms with Crippen LogP contribution in [-0.4, -0.2) is 23.2 Å². The fraction of sp³-hybridized carbons (Fsp3) is 0.400. The van der Waals surface area contributed by atoms with Gasteiger partial charge >= 0.3 is 0 Å². The van der Waals surface area contributed by atoms with E-state index in [-0.39, 0.29) is 0 Å². The van der Waals surface area contributed by atoms with Gasteiger partial charge in [-0.1, -0.05) is 24.6 Å². The third-order valence-electron chi connectivity index (χ3n) is 3.19. The molecular formula is C15H20ClN3O2. The summed E-state index contributed by atoms with van der Waals surface area (Å²) in [4.78, 5) is 4.20. The topological polar surface area (TPSA) is 48.3 Å². The fourth-order valence-corrected chi connectivity index (χ4v) is 2.06. The highest BCUT2D eigenvalue weighted by Crippen LogP contribution is 2.28. The summed E-state index contributed by atoms with van der Waals surface area (Å²) >= 11 is 5.95. The molecule has 1 aromatic heterocycles. The molecule has 0 unspecified atom stereocenters. The highest BCUT2D eigenvalue weighted by atomic mass is 35.5. The molecule has 0 atom stereocenters. The van der Waals surface area contributed by atoms with Crippen LogP contribution in [0.1, 0.15) is 18.3 Å². The molecule has 0 aliphatic heterocycles. The smallest absolute Gasteiger partial charge is 0.161 e. The first-order valence-corrected chi connectivity index (χ1v) is 7.20. The van der Waals surface area contributed by atoms with Crippen LogP contribution in [0.5, 0.6) is 11.5 Å². The van der Waals surface area contributed by atoms with Gasteiger partial charge in [0.25, 0.3) is 0 Å². The standard InChI is InChI=1S/C15H20ClN3O2/c1-4-17-8-11-5-6-12(13(7-11)20-3)21-10-15-18-9-14(16)19(15)2/h5-7,9,17H,4,8,10H2,1-3H3. The van der Waals surface area contributed by atoms with Gasteiger partial charge in [0.1, 0.15) is 17.6 Å². The maximum Gasteiger partial charge on any atom is 0.161 e. The van der Waals surface area contributed by atoms with Gasteiger partial charge in [-0.2, -0.15) is 0 Å². The number of methoxy groups -OCH3 is 1. The molecule has 6 heteroatoms. The van der Waals surface area contributed by atoms with E-state index in [1.54, 1.807) is 17.9 Å². The summed E-state index contributed by atoms with van der Waals surface area (Å²) in [5.41, 5.74) is 1.15. The van der Waals surface area contributed by atoms with Crippen LogP contribution in [0.25, 0.3) is 0 Å². The van der Waals surface area contributed by atoms with Gasteiger partial charge in [0.2, 0.25) is 0 Å². The summed E-state index contributed by atoms with van der Waals surface area (Å²) in [7, 11) is 3.49. The van der Waals surface area contributed by atoms with E-state index in [0.29, 0.717) is 23.3 Å². The van der Waals surface area contributed by atoms with Gasteiger partial charge in [0.15, 0.2) is 11.5 Å². The van der Waals surface area contributed by atoms with Crippen molar-refractivity contribution in [3.8, 4) is 11.5 Å². The van der Waals surface area contributed by atoms with Crippen molar-refractivity contribution >= 4 is 11.6 Å². The number of hydrogen-bond donors (Lipinski definition) is 1. The zero-order chi connectivity index (χ0) is 15.2. The predicted molar refractivity (Wildman–Crippen MR) is 82.9 cm³/mol. The van der Waals surface area contributed by atoms with Crippen molar-refractivity contribution in [2.45, 2.75) is 20.1 Å². The van der Waals surface area contributed by atoms with Crippen molar-refractivity contribution in [2.75, 3.05) is 13.7 Å². The van der Waals surface area contributed by atoms with E-state index in [1.807, 2.05) is 25.2 Å². The van der Waals surface area contributed by atoms with Crippen LogP contribution in [0.2, 0.25) is 5.15 Å². The van der Waals surface area contributed by atoms with Gasteiger partial charge in [0, 0.05) is 13.6 Å². The lowest BCUT2D eigenvalue weighted by Gasteiger charge is -2.12. The zero-order valence-corrected chi connectivity index (χ0v) is 13.3. The first kappa shape index (κ1) is 15.7. The Bertz CT molecular complexity index is 599. The summed E-state index contributed by atoms with van der Waals surface area (Å²) in [6.07, 6.45) is 1.61. The van der Waals surface area contributed by atoms with Gasteiger partial charge in [-0.15, -0.1) is 0 Å². The molecule has 114 valence electrons. The van der Waals surface area contributed by atoms with E-state index in [0.717, 1.165) is 24.5 Å². The van der Waals surface area contributed by atoms with Crippen LogP contribution in [0.3, 0.4) is 0 Å². The van der Waals surface area contributed by atoms with Crippen LogP contribution in [-0.2, 0) is 20.2 Å². The molecule has 21 heavy (non-hydrogen) atoms. The summed E-state index contributed by atoms with van der Waals surface area (Å²) in [6, 6.07) is 5.91. The number of ether oxygens (including phenoxy) is 2. The van der Waals surface area contributed by atoms with E-state index < -0.39 is 0 Å². The Morgan fingerprint density at radius 1 is 1.33 bits per heavy atom. The molecule has 2 aromatic rings. The molecule has 0 amide bonds. The Balaban J connectivity index is 2.07. The van der Waals surface area contributed by atoms with E-state index in [2.05, 4.69) is 17.2 Å². The van der Waals surface area contributed by atoms with E-state index in [9.17, 15) is 0 Å². The number of halogens is 1. The van der Waals surface area contributed by atoms with Gasteiger partial charge in [-0.25, -0.2) is 4.98 Å². The van der Waals surface area contributed by atoms with Crippen LogP contribution in [0.4, 0.5) is 0 Å². The monoisotopic (exact) mass is 309 g/mol. The highest BCUT2D eigenvalue weighted by molar-refractivity contribution is 6.29.